The number of allylic oxidation sites excluding steroid dienone is 2. The molecule has 6 heterocycles. The number of anilines is 3. The third-order valence-corrected chi connectivity index (χ3v) is 8.38. The molecule has 0 saturated heterocycles. The molecule has 0 saturated carbocycles. The summed E-state index contributed by atoms with van der Waals surface area (Å²) in [5.41, 5.74) is 5.13. The van der Waals surface area contributed by atoms with Crippen molar-refractivity contribution in [2.75, 3.05) is 37.0 Å². The van der Waals surface area contributed by atoms with Crippen LogP contribution in [0.15, 0.2) is 65.6 Å². The number of fused-ring (bicyclic) bond motifs is 8. The van der Waals surface area contributed by atoms with Gasteiger partial charge < -0.3 is 19.5 Å². The molecule has 11 nitrogen and oxygen atoms in total. The second-order valence-corrected chi connectivity index (χ2v) is 11.2. The zero-order chi connectivity index (χ0) is 28.4. The van der Waals surface area contributed by atoms with E-state index in [1.54, 1.807) is 15.8 Å². The molecule has 1 N–H and O–H groups in total. The number of carbonyl (C=O) groups is 1. The third-order valence-electron chi connectivity index (χ3n) is 8.38. The number of aromatic nitrogens is 5. The highest BCUT2D eigenvalue weighted by Gasteiger charge is 2.27. The van der Waals surface area contributed by atoms with Crippen molar-refractivity contribution < 1.29 is 9.53 Å². The predicted octanol–water partition coefficient (Wildman–Crippen LogP) is 3.80. The van der Waals surface area contributed by atoms with Crippen molar-refractivity contribution in [1.29, 1.82) is 0 Å². The molecule has 1 amide bonds. The minimum Gasteiger partial charge on any atom is -0.482 e. The van der Waals surface area contributed by atoms with Crippen LogP contribution in [0.5, 0.6) is 5.75 Å². The number of rotatable bonds is 2. The molecule has 0 spiro atoms. The minimum atomic E-state index is -0.175. The number of hydrogen-bond donors (Lipinski definition) is 1. The summed E-state index contributed by atoms with van der Waals surface area (Å²) < 4.78 is 11.6. The van der Waals surface area contributed by atoms with E-state index in [0.717, 1.165) is 43.5 Å². The van der Waals surface area contributed by atoms with Gasteiger partial charge in [-0.05, 0) is 62.4 Å². The van der Waals surface area contributed by atoms with E-state index in [0.29, 0.717) is 47.2 Å². The van der Waals surface area contributed by atoms with Gasteiger partial charge in [0.25, 0.3) is 11.5 Å². The van der Waals surface area contributed by atoms with Gasteiger partial charge in [-0.15, -0.1) is 0 Å². The first-order valence-electron chi connectivity index (χ1n) is 14.3. The Balaban J connectivity index is 1.23. The van der Waals surface area contributed by atoms with Gasteiger partial charge in [0.15, 0.2) is 12.3 Å². The topological polar surface area (TPSA) is 102 Å². The Labute approximate surface area is 241 Å². The van der Waals surface area contributed by atoms with Crippen LogP contribution in [0.4, 0.5) is 17.3 Å². The maximum atomic E-state index is 13.6. The molecule has 42 heavy (non-hydrogen) atoms. The maximum Gasteiger partial charge on any atom is 0.278 e. The van der Waals surface area contributed by atoms with Crippen LogP contribution in [-0.2, 0) is 24.4 Å². The number of amides is 1. The Kier molecular flexibility index (Phi) is 5.68. The molecule has 0 radical (unpaired) electrons. The monoisotopic (exact) mass is 562 g/mol. The second kappa shape index (κ2) is 9.59. The lowest BCUT2D eigenvalue weighted by Gasteiger charge is -2.30. The summed E-state index contributed by atoms with van der Waals surface area (Å²) in [6.07, 6.45) is 7.26. The van der Waals surface area contributed by atoms with Crippen LogP contribution in [0, 0.1) is 0 Å². The molecule has 0 aliphatic carbocycles. The molecule has 0 fully saturated rings. The van der Waals surface area contributed by atoms with Crippen LogP contribution >= 0.6 is 0 Å². The number of ether oxygens (including phenoxy) is 1. The summed E-state index contributed by atoms with van der Waals surface area (Å²) in [5, 5.41) is 4.94. The first-order valence-corrected chi connectivity index (χ1v) is 14.3. The van der Waals surface area contributed by atoms with E-state index in [1.165, 1.54) is 11.2 Å². The summed E-state index contributed by atoms with van der Waals surface area (Å²) in [4.78, 5) is 39.8. The zero-order valence-corrected chi connectivity index (χ0v) is 23.3. The number of carbonyl (C=O) groups excluding carboxylic acids is 1. The molecule has 0 unspecified atom stereocenters. The number of likely N-dealkylation sites (N-methyl/N-ethyl adjacent to an activating group) is 1. The summed E-state index contributed by atoms with van der Waals surface area (Å²) in [5.74, 6) is 0.978. The van der Waals surface area contributed by atoms with E-state index < -0.39 is 0 Å². The van der Waals surface area contributed by atoms with Gasteiger partial charge in [0.05, 0.1) is 17.9 Å². The lowest BCUT2D eigenvalue weighted by Crippen LogP contribution is -2.39. The maximum absolute atomic E-state index is 13.6. The Morgan fingerprint density at radius 2 is 1.93 bits per heavy atom. The summed E-state index contributed by atoms with van der Waals surface area (Å²) in [6.45, 7) is 3.96. The molecule has 5 aromatic rings. The standard InChI is InChI=1S/C31H30N8O3/c1-35-12-13-36-23(18-35)15-20-14-21(6-8-25(20)36)33-31-32-17-24-29(34-31)39-22-7-9-27-26(16-22)37(28(40)19-42-27)10-4-2-3-5-11-38(39)30(24)41/h3,5-9,14-17H,2,4,10-13,18-19H2,1H3,(H,32,33,34)/b5-3-. The molecule has 11 heteroatoms. The Bertz CT molecular complexity index is 1980. The molecule has 3 aliphatic rings. The van der Waals surface area contributed by atoms with E-state index in [9.17, 15) is 9.59 Å². The first kappa shape index (κ1) is 24.9. The molecule has 3 aromatic heterocycles. The van der Waals surface area contributed by atoms with Crippen LogP contribution in [0.1, 0.15) is 18.5 Å². The number of nitrogens with one attached hydrogen (secondary N) is 1. The second-order valence-electron chi connectivity index (χ2n) is 11.2. The SMILES string of the molecule is CN1CCn2c(cc3cc(Nc4ncc5c(=O)n6n(c5n4)-c4ccc5c(c4)N(CCC/C=C\C6)C(=O)CO5)ccc32)C1. The molecule has 2 bridgehead atoms. The molecule has 212 valence electrons. The van der Waals surface area contributed by atoms with Gasteiger partial charge in [-0.3, -0.25) is 14.5 Å². The number of nitrogens with zero attached hydrogens (tertiary/aromatic N) is 7. The van der Waals surface area contributed by atoms with Gasteiger partial charge in [0.1, 0.15) is 11.1 Å². The zero-order valence-electron chi connectivity index (χ0n) is 23.3. The summed E-state index contributed by atoms with van der Waals surface area (Å²) in [6, 6.07) is 14.2. The van der Waals surface area contributed by atoms with Crippen molar-refractivity contribution in [1.82, 2.24) is 28.8 Å². The van der Waals surface area contributed by atoms with Gasteiger partial charge >= 0.3 is 0 Å². The lowest BCUT2D eigenvalue weighted by atomic mass is 10.1. The van der Waals surface area contributed by atoms with Crippen molar-refractivity contribution in [3.05, 3.63) is 76.9 Å². The van der Waals surface area contributed by atoms with Crippen molar-refractivity contribution in [3.63, 3.8) is 0 Å². The van der Waals surface area contributed by atoms with Crippen molar-refractivity contribution in [2.24, 2.45) is 0 Å². The van der Waals surface area contributed by atoms with Crippen molar-refractivity contribution in [3.8, 4) is 11.4 Å². The molecule has 3 aliphatic heterocycles. The summed E-state index contributed by atoms with van der Waals surface area (Å²) >= 11 is 0. The van der Waals surface area contributed by atoms with Crippen molar-refractivity contribution in [2.45, 2.75) is 32.5 Å². The van der Waals surface area contributed by atoms with E-state index in [-0.39, 0.29) is 18.1 Å². The first-order chi connectivity index (χ1) is 20.5. The largest absolute Gasteiger partial charge is 0.482 e. The van der Waals surface area contributed by atoms with E-state index in [2.05, 4.69) is 51.1 Å². The van der Waals surface area contributed by atoms with Gasteiger partial charge in [0, 0.05) is 54.7 Å². The Morgan fingerprint density at radius 3 is 2.86 bits per heavy atom. The Morgan fingerprint density at radius 1 is 1.00 bits per heavy atom. The van der Waals surface area contributed by atoms with Crippen LogP contribution in [0.25, 0.3) is 27.6 Å². The normalized spacial score (nSPS) is 17.7. The predicted molar refractivity (Wildman–Crippen MR) is 161 cm³/mol. The smallest absolute Gasteiger partial charge is 0.278 e. The van der Waals surface area contributed by atoms with Gasteiger partial charge in [0.2, 0.25) is 5.95 Å². The minimum absolute atomic E-state index is 0.0243. The average Bonchev–Trinajstić information content (AvgIpc) is 3.47. The average molecular weight is 563 g/mol. The fraction of sp³-hybridized carbons (Fsp3) is 0.290. The third kappa shape index (κ3) is 3.99. The van der Waals surface area contributed by atoms with E-state index in [1.807, 2.05) is 35.0 Å². The highest BCUT2D eigenvalue weighted by molar-refractivity contribution is 5.98. The Hall–Kier alpha value is -4.90. The van der Waals surface area contributed by atoms with Gasteiger partial charge in [-0.1, -0.05) is 12.2 Å². The van der Waals surface area contributed by atoms with Crippen LogP contribution < -0.4 is 20.5 Å². The summed E-state index contributed by atoms with van der Waals surface area (Å²) in [7, 11) is 2.15. The molecule has 0 atom stereocenters. The van der Waals surface area contributed by atoms with Crippen molar-refractivity contribution >= 4 is 45.2 Å². The molecule has 8 rings (SSSR count). The number of benzene rings is 2. The van der Waals surface area contributed by atoms with Crippen LogP contribution in [-0.4, -0.2) is 61.4 Å². The van der Waals surface area contributed by atoms with E-state index >= 15 is 0 Å². The highest BCUT2D eigenvalue weighted by atomic mass is 16.5. The van der Waals surface area contributed by atoms with Gasteiger partial charge in [-0.2, -0.15) is 4.98 Å². The quantitative estimate of drug-likeness (QED) is 0.327. The highest BCUT2D eigenvalue weighted by Crippen LogP contribution is 2.35. The fourth-order valence-corrected chi connectivity index (χ4v) is 6.30. The number of hydrogen-bond acceptors (Lipinski definition) is 7. The molecule has 2 aromatic carbocycles. The molecular formula is C31H30N8O3. The fourth-order valence-electron chi connectivity index (χ4n) is 6.30. The van der Waals surface area contributed by atoms with Crippen LogP contribution in [0.3, 0.4) is 0 Å². The van der Waals surface area contributed by atoms with Gasteiger partial charge in [-0.25, -0.2) is 14.3 Å². The lowest BCUT2D eigenvalue weighted by molar-refractivity contribution is -0.121. The van der Waals surface area contributed by atoms with E-state index in [4.69, 9.17) is 9.72 Å². The van der Waals surface area contributed by atoms with Crippen LogP contribution in [0.2, 0.25) is 0 Å². The molecular weight excluding hydrogens is 532 g/mol.